The van der Waals surface area contributed by atoms with E-state index in [4.69, 9.17) is 0 Å². The zero-order valence-electron chi connectivity index (χ0n) is 9.06. The molecule has 1 N–H and O–H groups in total. The first-order valence-corrected chi connectivity index (χ1v) is 5.03. The minimum Gasteiger partial charge on any atom is -0.320 e. The predicted molar refractivity (Wildman–Crippen MR) is 55.5 cm³/mol. The van der Waals surface area contributed by atoms with Crippen molar-refractivity contribution in [2.75, 3.05) is 27.2 Å². The third-order valence-corrected chi connectivity index (χ3v) is 2.32. The van der Waals surface area contributed by atoms with Gasteiger partial charge in [0, 0.05) is 6.04 Å². The van der Waals surface area contributed by atoms with Crippen molar-refractivity contribution < 1.29 is 0 Å². The van der Waals surface area contributed by atoms with Crippen molar-refractivity contribution in [3.63, 3.8) is 0 Å². The number of nitrogens with one attached hydrogen (secondary N) is 1. The van der Waals surface area contributed by atoms with Gasteiger partial charge in [-0.05, 0) is 53.9 Å². The van der Waals surface area contributed by atoms with E-state index in [0.29, 0.717) is 6.04 Å². The summed E-state index contributed by atoms with van der Waals surface area (Å²) in [5.74, 6) is 0. The standard InChI is InChI=1S/C10H24N2/c1-10(2)12(4)9-7-5-6-8-11-3/h10-11H,5-9H2,1-4H3. The van der Waals surface area contributed by atoms with E-state index in [-0.39, 0.29) is 0 Å². The van der Waals surface area contributed by atoms with Crippen LogP contribution in [0.5, 0.6) is 0 Å². The lowest BCUT2D eigenvalue weighted by Gasteiger charge is -2.20. The molecule has 0 bridgehead atoms. The lowest BCUT2D eigenvalue weighted by molar-refractivity contribution is 0.267. The molecule has 2 heteroatoms. The van der Waals surface area contributed by atoms with E-state index in [9.17, 15) is 0 Å². The first-order chi connectivity index (χ1) is 5.68. The molecule has 0 amide bonds. The van der Waals surface area contributed by atoms with Gasteiger partial charge in [-0.25, -0.2) is 0 Å². The maximum atomic E-state index is 3.16. The fourth-order valence-corrected chi connectivity index (χ4v) is 1.10. The van der Waals surface area contributed by atoms with E-state index in [1.165, 1.54) is 25.8 Å². The number of rotatable bonds is 7. The summed E-state index contributed by atoms with van der Waals surface area (Å²) in [7, 11) is 4.21. The van der Waals surface area contributed by atoms with Crippen LogP contribution in [0.1, 0.15) is 33.1 Å². The lowest BCUT2D eigenvalue weighted by Crippen LogP contribution is -2.27. The van der Waals surface area contributed by atoms with Crippen molar-refractivity contribution >= 4 is 0 Å². The Morgan fingerprint density at radius 2 is 1.83 bits per heavy atom. The Labute approximate surface area is 77.3 Å². The fraction of sp³-hybridized carbons (Fsp3) is 1.00. The van der Waals surface area contributed by atoms with E-state index in [1.54, 1.807) is 0 Å². The molecule has 0 heterocycles. The summed E-state index contributed by atoms with van der Waals surface area (Å²) in [5.41, 5.74) is 0. The third-order valence-electron chi connectivity index (χ3n) is 2.32. The van der Waals surface area contributed by atoms with Gasteiger partial charge in [0.15, 0.2) is 0 Å². The zero-order chi connectivity index (χ0) is 9.40. The zero-order valence-corrected chi connectivity index (χ0v) is 9.06. The number of hydrogen-bond donors (Lipinski definition) is 1. The molecule has 0 saturated carbocycles. The topological polar surface area (TPSA) is 15.3 Å². The minimum absolute atomic E-state index is 0.689. The molecule has 2 nitrogen and oxygen atoms in total. The van der Waals surface area contributed by atoms with Gasteiger partial charge in [-0.15, -0.1) is 0 Å². The van der Waals surface area contributed by atoms with Crippen LogP contribution >= 0.6 is 0 Å². The van der Waals surface area contributed by atoms with Gasteiger partial charge in [-0.3, -0.25) is 0 Å². The average Bonchev–Trinajstić information content (AvgIpc) is 2.03. The summed E-state index contributed by atoms with van der Waals surface area (Å²) in [6.07, 6.45) is 3.98. The van der Waals surface area contributed by atoms with Gasteiger partial charge < -0.3 is 10.2 Å². The van der Waals surface area contributed by atoms with E-state index in [2.05, 4.69) is 31.1 Å². The Morgan fingerprint density at radius 3 is 2.33 bits per heavy atom. The van der Waals surface area contributed by atoms with E-state index >= 15 is 0 Å². The Balaban J connectivity index is 3.08. The van der Waals surface area contributed by atoms with Crippen LogP contribution in [0.25, 0.3) is 0 Å². The molecule has 74 valence electrons. The molecular weight excluding hydrogens is 148 g/mol. The molecule has 0 rings (SSSR count). The second-order valence-corrected chi connectivity index (χ2v) is 3.74. The van der Waals surface area contributed by atoms with Crippen LogP contribution < -0.4 is 5.32 Å². The largest absolute Gasteiger partial charge is 0.320 e. The highest BCUT2D eigenvalue weighted by atomic mass is 15.1. The number of unbranched alkanes of at least 4 members (excludes halogenated alkanes) is 2. The van der Waals surface area contributed by atoms with E-state index in [1.807, 2.05) is 7.05 Å². The average molecular weight is 172 g/mol. The van der Waals surface area contributed by atoms with Gasteiger partial charge in [0.05, 0.1) is 0 Å². The first-order valence-electron chi connectivity index (χ1n) is 5.03. The number of nitrogens with zero attached hydrogens (tertiary/aromatic N) is 1. The molecular formula is C10H24N2. The first kappa shape index (κ1) is 11.9. The molecule has 0 saturated heterocycles. The summed E-state index contributed by atoms with van der Waals surface area (Å²) in [6.45, 7) is 6.88. The molecule has 0 atom stereocenters. The molecule has 0 spiro atoms. The highest BCUT2D eigenvalue weighted by Crippen LogP contribution is 1.99. The Hall–Kier alpha value is -0.0800. The van der Waals surface area contributed by atoms with Gasteiger partial charge in [0.25, 0.3) is 0 Å². The molecule has 0 fully saturated rings. The van der Waals surface area contributed by atoms with Gasteiger partial charge >= 0.3 is 0 Å². The van der Waals surface area contributed by atoms with Crippen LogP contribution in [-0.4, -0.2) is 38.1 Å². The van der Waals surface area contributed by atoms with Crippen molar-refractivity contribution in [1.82, 2.24) is 10.2 Å². The molecule has 0 aliphatic heterocycles. The second kappa shape index (κ2) is 7.56. The summed E-state index contributed by atoms with van der Waals surface area (Å²) in [6, 6.07) is 0.689. The molecule has 0 aliphatic carbocycles. The van der Waals surface area contributed by atoms with Crippen LogP contribution in [0.2, 0.25) is 0 Å². The van der Waals surface area contributed by atoms with Crippen LogP contribution in [0.3, 0.4) is 0 Å². The fourth-order valence-electron chi connectivity index (χ4n) is 1.10. The van der Waals surface area contributed by atoms with Crippen LogP contribution in [0.4, 0.5) is 0 Å². The lowest BCUT2D eigenvalue weighted by atomic mass is 10.2. The number of hydrogen-bond acceptors (Lipinski definition) is 2. The van der Waals surface area contributed by atoms with Crippen molar-refractivity contribution in [3.05, 3.63) is 0 Å². The van der Waals surface area contributed by atoms with E-state index < -0.39 is 0 Å². The SMILES string of the molecule is CNCCCCCN(C)C(C)C. The molecule has 0 radical (unpaired) electrons. The highest BCUT2D eigenvalue weighted by molar-refractivity contribution is 4.56. The van der Waals surface area contributed by atoms with Gasteiger partial charge in [-0.1, -0.05) is 6.42 Å². The van der Waals surface area contributed by atoms with Crippen molar-refractivity contribution in [1.29, 1.82) is 0 Å². The molecule has 0 unspecified atom stereocenters. The van der Waals surface area contributed by atoms with Crippen molar-refractivity contribution in [2.45, 2.75) is 39.2 Å². The summed E-state index contributed by atoms with van der Waals surface area (Å²) in [5, 5.41) is 3.16. The molecule has 0 aromatic heterocycles. The van der Waals surface area contributed by atoms with Crippen molar-refractivity contribution in [2.24, 2.45) is 0 Å². The van der Waals surface area contributed by atoms with Gasteiger partial charge in [0.1, 0.15) is 0 Å². The smallest absolute Gasteiger partial charge is 0.00355 e. The Kier molecular flexibility index (Phi) is 7.51. The van der Waals surface area contributed by atoms with E-state index in [0.717, 1.165) is 6.54 Å². The maximum Gasteiger partial charge on any atom is 0.00355 e. The highest BCUT2D eigenvalue weighted by Gasteiger charge is 2.00. The minimum atomic E-state index is 0.689. The third kappa shape index (κ3) is 6.62. The molecule has 0 aromatic rings. The van der Waals surface area contributed by atoms with Gasteiger partial charge in [0.2, 0.25) is 0 Å². The quantitative estimate of drug-likeness (QED) is 0.588. The Bertz CT molecular complexity index is 91.8. The van der Waals surface area contributed by atoms with Crippen molar-refractivity contribution in [3.8, 4) is 0 Å². The monoisotopic (exact) mass is 172 g/mol. The Morgan fingerprint density at radius 1 is 1.17 bits per heavy atom. The molecule has 12 heavy (non-hydrogen) atoms. The predicted octanol–water partition coefficient (Wildman–Crippen LogP) is 1.72. The normalized spacial score (nSPS) is 11.5. The maximum absolute atomic E-state index is 3.16. The molecule has 0 aliphatic rings. The summed E-state index contributed by atoms with van der Waals surface area (Å²) < 4.78 is 0. The summed E-state index contributed by atoms with van der Waals surface area (Å²) >= 11 is 0. The van der Waals surface area contributed by atoms with Crippen LogP contribution in [0, 0.1) is 0 Å². The molecule has 0 aromatic carbocycles. The van der Waals surface area contributed by atoms with Crippen LogP contribution in [0.15, 0.2) is 0 Å². The van der Waals surface area contributed by atoms with Gasteiger partial charge in [-0.2, -0.15) is 0 Å². The summed E-state index contributed by atoms with van der Waals surface area (Å²) in [4.78, 5) is 2.40. The van der Waals surface area contributed by atoms with Crippen LogP contribution in [-0.2, 0) is 0 Å². The second-order valence-electron chi connectivity index (χ2n) is 3.74.